The number of carbonyl (C=O) groups excluding carboxylic acids is 1. The topological polar surface area (TPSA) is 47.6 Å². The van der Waals surface area contributed by atoms with Crippen molar-refractivity contribution in [1.29, 1.82) is 0 Å². The number of nitrogens with one attached hydrogen (secondary N) is 1. The number of amides is 1. The van der Waals surface area contributed by atoms with Gasteiger partial charge >= 0.3 is 0 Å². The van der Waals surface area contributed by atoms with Crippen molar-refractivity contribution in [2.24, 2.45) is 5.92 Å². The molecule has 4 nitrogen and oxygen atoms in total. The maximum absolute atomic E-state index is 12.2. The van der Waals surface area contributed by atoms with Crippen LogP contribution in [0.25, 0.3) is 0 Å². The van der Waals surface area contributed by atoms with Gasteiger partial charge < -0.3 is 14.8 Å². The Morgan fingerprint density at radius 2 is 1.95 bits per heavy atom. The number of methoxy groups -OCH3 is 2. The number of ether oxygens (including phenoxy) is 2. The first-order valence-corrected chi connectivity index (χ1v) is 6.91. The molecule has 20 heavy (non-hydrogen) atoms. The summed E-state index contributed by atoms with van der Waals surface area (Å²) >= 11 is 6.16. The summed E-state index contributed by atoms with van der Waals surface area (Å²) in [5.41, 5.74) is 0.545. The number of carbonyl (C=O) groups is 1. The Hall–Kier alpha value is -1.68. The molecule has 1 atom stereocenters. The number of allylic oxidation sites excluding steroid dienone is 2. The van der Waals surface area contributed by atoms with Gasteiger partial charge in [0.1, 0.15) is 0 Å². The lowest BCUT2D eigenvalue weighted by molar-refractivity contribution is -0.120. The van der Waals surface area contributed by atoms with Gasteiger partial charge in [0.15, 0.2) is 11.5 Å². The number of rotatable bonds is 4. The van der Waals surface area contributed by atoms with E-state index in [4.69, 9.17) is 21.1 Å². The standard InChI is InChI=1S/C15H18ClNO3/c1-19-13-8-11(16)12(9-14(13)20-2)17-15(18)10-6-4-3-5-7-10/h3-4,8-10H,5-7H2,1-2H3,(H,17,18). The Kier molecular flexibility index (Phi) is 4.90. The summed E-state index contributed by atoms with van der Waals surface area (Å²) in [6.07, 6.45) is 6.73. The van der Waals surface area contributed by atoms with Crippen LogP contribution in [0.5, 0.6) is 11.5 Å². The minimum atomic E-state index is -0.0107. The molecule has 5 heteroatoms. The zero-order valence-electron chi connectivity index (χ0n) is 11.6. The summed E-state index contributed by atoms with van der Waals surface area (Å²) in [5, 5.41) is 3.30. The molecule has 0 heterocycles. The molecular formula is C15H18ClNO3. The van der Waals surface area contributed by atoms with Crippen molar-refractivity contribution in [3.63, 3.8) is 0 Å². The van der Waals surface area contributed by atoms with E-state index in [1.54, 1.807) is 26.4 Å². The fraction of sp³-hybridized carbons (Fsp3) is 0.400. The third kappa shape index (κ3) is 3.25. The third-order valence-corrected chi connectivity index (χ3v) is 3.68. The van der Waals surface area contributed by atoms with Crippen LogP contribution in [0.1, 0.15) is 19.3 Å². The van der Waals surface area contributed by atoms with E-state index in [9.17, 15) is 4.79 Å². The predicted octanol–water partition coefficient (Wildman–Crippen LogP) is 3.65. The first kappa shape index (κ1) is 14.7. The van der Waals surface area contributed by atoms with Crippen LogP contribution in [0, 0.1) is 5.92 Å². The van der Waals surface area contributed by atoms with Crippen LogP contribution in [-0.4, -0.2) is 20.1 Å². The van der Waals surface area contributed by atoms with Gasteiger partial charge in [-0.25, -0.2) is 0 Å². The molecule has 1 amide bonds. The van der Waals surface area contributed by atoms with Crippen LogP contribution in [0.4, 0.5) is 5.69 Å². The van der Waals surface area contributed by atoms with Gasteiger partial charge in [-0.1, -0.05) is 23.8 Å². The zero-order valence-corrected chi connectivity index (χ0v) is 12.4. The van der Waals surface area contributed by atoms with Gasteiger partial charge in [-0.05, 0) is 19.3 Å². The lowest BCUT2D eigenvalue weighted by Crippen LogP contribution is -2.23. The fourth-order valence-corrected chi connectivity index (χ4v) is 2.42. The highest BCUT2D eigenvalue weighted by molar-refractivity contribution is 6.34. The van der Waals surface area contributed by atoms with Gasteiger partial charge in [0.2, 0.25) is 5.91 Å². The Bertz CT molecular complexity index is 528. The van der Waals surface area contributed by atoms with E-state index in [-0.39, 0.29) is 11.8 Å². The smallest absolute Gasteiger partial charge is 0.227 e. The Labute approximate surface area is 123 Å². The van der Waals surface area contributed by atoms with Crippen LogP contribution in [0.2, 0.25) is 5.02 Å². The molecule has 1 aromatic rings. The first-order valence-electron chi connectivity index (χ1n) is 6.53. The Balaban J connectivity index is 2.16. The summed E-state index contributed by atoms with van der Waals surface area (Å²) in [6, 6.07) is 3.31. The summed E-state index contributed by atoms with van der Waals surface area (Å²) in [7, 11) is 3.09. The summed E-state index contributed by atoms with van der Waals surface area (Å²) in [6.45, 7) is 0. The highest BCUT2D eigenvalue weighted by atomic mass is 35.5. The molecule has 0 fully saturated rings. The molecule has 0 aliphatic heterocycles. The van der Waals surface area contributed by atoms with Crippen LogP contribution in [-0.2, 0) is 4.79 Å². The molecule has 0 saturated carbocycles. The molecule has 0 bridgehead atoms. The molecule has 0 spiro atoms. The van der Waals surface area contributed by atoms with Crippen LogP contribution in [0.3, 0.4) is 0 Å². The average molecular weight is 296 g/mol. The highest BCUT2D eigenvalue weighted by Crippen LogP contribution is 2.36. The van der Waals surface area contributed by atoms with E-state index in [0.29, 0.717) is 22.2 Å². The molecule has 1 N–H and O–H groups in total. The Morgan fingerprint density at radius 1 is 1.25 bits per heavy atom. The number of halogens is 1. The second-order valence-corrected chi connectivity index (χ2v) is 5.06. The normalized spacial score (nSPS) is 17.6. The summed E-state index contributed by atoms with van der Waals surface area (Å²) in [5.74, 6) is 1.07. The lowest BCUT2D eigenvalue weighted by atomic mass is 9.93. The Morgan fingerprint density at radius 3 is 2.55 bits per heavy atom. The van der Waals surface area contributed by atoms with E-state index in [1.165, 1.54) is 0 Å². The fourth-order valence-electron chi connectivity index (χ4n) is 2.22. The zero-order chi connectivity index (χ0) is 14.5. The highest BCUT2D eigenvalue weighted by Gasteiger charge is 2.20. The van der Waals surface area contributed by atoms with Gasteiger partial charge in [-0.15, -0.1) is 0 Å². The van der Waals surface area contributed by atoms with E-state index >= 15 is 0 Å². The van der Waals surface area contributed by atoms with Crippen molar-refractivity contribution < 1.29 is 14.3 Å². The van der Waals surface area contributed by atoms with Crippen molar-refractivity contribution in [3.8, 4) is 11.5 Å². The van der Waals surface area contributed by atoms with Gasteiger partial charge in [0.05, 0.1) is 24.9 Å². The minimum Gasteiger partial charge on any atom is -0.493 e. The third-order valence-electron chi connectivity index (χ3n) is 3.37. The van der Waals surface area contributed by atoms with Crippen molar-refractivity contribution in [2.75, 3.05) is 19.5 Å². The van der Waals surface area contributed by atoms with E-state index in [0.717, 1.165) is 19.3 Å². The maximum Gasteiger partial charge on any atom is 0.227 e. The maximum atomic E-state index is 12.2. The van der Waals surface area contributed by atoms with E-state index in [2.05, 4.69) is 11.4 Å². The monoisotopic (exact) mass is 295 g/mol. The first-order chi connectivity index (χ1) is 9.65. The van der Waals surface area contributed by atoms with E-state index in [1.807, 2.05) is 6.08 Å². The number of anilines is 1. The van der Waals surface area contributed by atoms with Crippen molar-refractivity contribution in [1.82, 2.24) is 0 Å². The van der Waals surface area contributed by atoms with E-state index < -0.39 is 0 Å². The molecule has 2 rings (SSSR count). The van der Waals surface area contributed by atoms with Crippen molar-refractivity contribution in [3.05, 3.63) is 29.3 Å². The average Bonchev–Trinajstić information content (AvgIpc) is 2.49. The number of hydrogen-bond donors (Lipinski definition) is 1. The molecule has 1 aliphatic carbocycles. The molecule has 0 radical (unpaired) electrons. The lowest BCUT2D eigenvalue weighted by Gasteiger charge is -2.18. The van der Waals surface area contributed by atoms with Crippen LogP contribution in [0.15, 0.2) is 24.3 Å². The second-order valence-electron chi connectivity index (χ2n) is 4.66. The molecule has 108 valence electrons. The number of benzene rings is 1. The molecule has 0 aromatic heterocycles. The largest absolute Gasteiger partial charge is 0.493 e. The summed E-state index contributed by atoms with van der Waals surface area (Å²) in [4.78, 5) is 12.2. The number of hydrogen-bond acceptors (Lipinski definition) is 3. The molecule has 1 aliphatic rings. The predicted molar refractivity (Wildman–Crippen MR) is 79.7 cm³/mol. The molecular weight excluding hydrogens is 278 g/mol. The van der Waals surface area contributed by atoms with Crippen LogP contribution < -0.4 is 14.8 Å². The second kappa shape index (κ2) is 6.66. The van der Waals surface area contributed by atoms with Gasteiger partial charge in [0.25, 0.3) is 0 Å². The van der Waals surface area contributed by atoms with Gasteiger partial charge in [-0.3, -0.25) is 4.79 Å². The van der Waals surface area contributed by atoms with Crippen molar-refractivity contribution >= 4 is 23.2 Å². The molecule has 1 unspecified atom stereocenters. The van der Waals surface area contributed by atoms with Crippen LogP contribution >= 0.6 is 11.6 Å². The van der Waals surface area contributed by atoms with Crippen molar-refractivity contribution in [2.45, 2.75) is 19.3 Å². The SMILES string of the molecule is COc1cc(Cl)c(NC(=O)C2CC=CCC2)cc1OC. The van der Waals surface area contributed by atoms with Gasteiger partial charge in [-0.2, -0.15) is 0 Å². The quantitative estimate of drug-likeness (QED) is 0.863. The summed E-state index contributed by atoms with van der Waals surface area (Å²) < 4.78 is 10.4. The minimum absolute atomic E-state index is 0.00385. The van der Waals surface area contributed by atoms with Gasteiger partial charge in [0, 0.05) is 18.1 Å². The molecule has 1 aromatic carbocycles. The molecule has 0 saturated heterocycles.